The number of amides is 1. The maximum absolute atomic E-state index is 13.1. The van der Waals surface area contributed by atoms with Gasteiger partial charge in [-0.3, -0.25) is 4.79 Å². The van der Waals surface area contributed by atoms with Crippen LogP contribution in [0.5, 0.6) is 0 Å². The fourth-order valence-electron chi connectivity index (χ4n) is 2.73. The van der Waals surface area contributed by atoms with Crippen LogP contribution >= 0.6 is 0 Å². The van der Waals surface area contributed by atoms with E-state index in [4.69, 9.17) is 0 Å². The first-order chi connectivity index (χ1) is 8.49. The second-order valence-corrected chi connectivity index (χ2v) is 5.44. The van der Waals surface area contributed by atoms with Crippen LogP contribution in [-0.4, -0.2) is 23.4 Å². The zero-order valence-corrected chi connectivity index (χ0v) is 11.2. The molecule has 0 radical (unpaired) electrons. The number of piperidine rings is 1. The van der Waals surface area contributed by atoms with Gasteiger partial charge in [-0.25, -0.2) is 4.39 Å². The monoisotopic (exact) mass is 249 g/mol. The molecule has 18 heavy (non-hydrogen) atoms. The minimum atomic E-state index is -0.288. The number of rotatable bonds is 1. The van der Waals surface area contributed by atoms with Gasteiger partial charge in [-0.05, 0) is 56.4 Å². The predicted molar refractivity (Wildman–Crippen MR) is 70.0 cm³/mol. The number of carbonyl (C=O) groups is 1. The van der Waals surface area contributed by atoms with Gasteiger partial charge in [0.25, 0.3) is 5.91 Å². The van der Waals surface area contributed by atoms with Crippen molar-refractivity contribution in [1.29, 1.82) is 0 Å². The molecule has 1 aliphatic heterocycles. The van der Waals surface area contributed by atoms with E-state index in [9.17, 15) is 9.18 Å². The van der Waals surface area contributed by atoms with Crippen molar-refractivity contribution in [3.05, 3.63) is 35.1 Å². The fourth-order valence-corrected chi connectivity index (χ4v) is 2.73. The molecule has 1 saturated heterocycles. The fraction of sp³-hybridized carbons (Fsp3) is 0.533. The van der Waals surface area contributed by atoms with Crippen LogP contribution in [0.15, 0.2) is 18.2 Å². The Labute approximate surface area is 108 Å². The lowest BCUT2D eigenvalue weighted by atomic mass is 9.92. The van der Waals surface area contributed by atoms with E-state index in [-0.39, 0.29) is 17.8 Å². The molecule has 0 spiro atoms. The molecule has 1 heterocycles. The van der Waals surface area contributed by atoms with Gasteiger partial charge in [0.05, 0.1) is 0 Å². The smallest absolute Gasteiger partial charge is 0.254 e. The van der Waals surface area contributed by atoms with Gasteiger partial charge in [0.1, 0.15) is 5.82 Å². The standard InChI is InChI=1S/C15H20FNO/c1-10-6-7-17(12(3)8-10)15(18)14-5-4-13(16)9-11(14)2/h4-5,9-10,12H,6-8H2,1-3H3. The molecule has 0 aromatic heterocycles. The van der Waals surface area contributed by atoms with Crippen molar-refractivity contribution in [3.63, 3.8) is 0 Å². The number of benzene rings is 1. The Kier molecular flexibility index (Phi) is 3.69. The van der Waals surface area contributed by atoms with Gasteiger partial charge >= 0.3 is 0 Å². The summed E-state index contributed by atoms with van der Waals surface area (Å²) >= 11 is 0. The van der Waals surface area contributed by atoms with Gasteiger partial charge in [0, 0.05) is 18.2 Å². The lowest BCUT2D eigenvalue weighted by molar-refractivity contribution is 0.0588. The summed E-state index contributed by atoms with van der Waals surface area (Å²) in [5.41, 5.74) is 1.34. The first-order valence-corrected chi connectivity index (χ1v) is 6.56. The molecule has 1 amide bonds. The minimum absolute atomic E-state index is 0.0342. The average Bonchev–Trinajstić information content (AvgIpc) is 2.28. The molecule has 0 aliphatic carbocycles. The van der Waals surface area contributed by atoms with Crippen LogP contribution in [0.1, 0.15) is 42.6 Å². The number of likely N-dealkylation sites (tertiary alicyclic amines) is 1. The molecule has 1 aromatic carbocycles. The molecule has 98 valence electrons. The molecule has 1 aromatic rings. The minimum Gasteiger partial charge on any atom is -0.336 e. The first kappa shape index (κ1) is 13.1. The zero-order chi connectivity index (χ0) is 13.3. The van der Waals surface area contributed by atoms with E-state index in [2.05, 4.69) is 13.8 Å². The summed E-state index contributed by atoms with van der Waals surface area (Å²) in [5.74, 6) is 0.426. The number of carbonyl (C=O) groups excluding carboxylic acids is 1. The molecular weight excluding hydrogens is 229 g/mol. The Bertz CT molecular complexity index is 458. The molecule has 2 atom stereocenters. The van der Waals surface area contributed by atoms with Gasteiger partial charge in [0.15, 0.2) is 0 Å². The zero-order valence-electron chi connectivity index (χ0n) is 11.2. The van der Waals surface area contributed by atoms with E-state index < -0.39 is 0 Å². The summed E-state index contributed by atoms with van der Waals surface area (Å²) in [6.45, 7) is 6.90. The Morgan fingerprint density at radius 1 is 1.39 bits per heavy atom. The Hall–Kier alpha value is -1.38. The van der Waals surface area contributed by atoms with Crippen molar-refractivity contribution in [3.8, 4) is 0 Å². The molecular formula is C15H20FNO. The van der Waals surface area contributed by atoms with Crippen LogP contribution in [0, 0.1) is 18.7 Å². The van der Waals surface area contributed by atoms with Crippen LogP contribution in [0.25, 0.3) is 0 Å². The predicted octanol–water partition coefficient (Wildman–Crippen LogP) is 3.39. The van der Waals surface area contributed by atoms with Crippen molar-refractivity contribution in [1.82, 2.24) is 4.90 Å². The van der Waals surface area contributed by atoms with Gasteiger partial charge in [-0.2, -0.15) is 0 Å². The Balaban J connectivity index is 2.20. The topological polar surface area (TPSA) is 20.3 Å². The van der Waals surface area contributed by atoms with Crippen LogP contribution in [-0.2, 0) is 0 Å². The molecule has 2 rings (SSSR count). The third-order valence-corrected chi connectivity index (χ3v) is 3.82. The van der Waals surface area contributed by atoms with E-state index in [1.54, 1.807) is 13.0 Å². The van der Waals surface area contributed by atoms with Crippen molar-refractivity contribution in [2.45, 2.75) is 39.7 Å². The van der Waals surface area contributed by atoms with Crippen molar-refractivity contribution in [2.24, 2.45) is 5.92 Å². The highest BCUT2D eigenvalue weighted by Crippen LogP contribution is 2.24. The Morgan fingerprint density at radius 3 is 2.72 bits per heavy atom. The third-order valence-electron chi connectivity index (χ3n) is 3.82. The van der Waals surface area contributed by atoms with Gasteiger partial charge in [-0.15, -0.1) is 0 Å². The molecule has 0 N–H and O–H groups in total. The highest BCUT2D eigenvalue weighted by molar-refractivity contribution is 5.95. The lowest BCUT2D eigenvalue weighted by Gasteiger charge is -2.36. The summed E-state index contributed by atoms with van der Waals surface area (Å²) in [4.78, 5) is 14.4. The van der Waals surface area contributed by atoms with Crippen molar-refractivity contribution in [2.75, 3.05) is 6.54 Å². The quantitative estimate of drug-likeness (QED) is 0.747. The summed E-state index contributed by atoms with van der Waals surface area (Å²) in [7, 11) is 0. The maximum Gasteiger partial charge on any atom is 0.254 e. The van der Waals surface area contributed by atoms with Crippen LogP contribution < -0.4 is 0 Å². The normalized spacial score (nSPS) is 24.1. The van der Waals surface area contributed by atoms with Gasteiger partial charge in [0.2, 0.25) is 0 Å². The van der Waals surface area contributed by atoms with Gasteiger partial charge < -0.3 is 4.90 Å². The second-order valence-electron chi connectivity index (χ2n) is 5.44. The van der Waals surface area contributed by atoms with E-state index >= 15 is 0 Å². The molecule has 2 nitrogen and oxygen atoms in total. The van der Waals surface area contributed by atoms with E-state index in [0.29, 0.717) is 17.0 Å². The summed E-state index contributed by atoms with van der Waals surface area (Å²) in [6.07, 6.45) is 2.10. The molecule has 0 saturated carbocycles. The summed E-state index contributed by atoms with van der Waals surface area (Å²) in [6, 6.07) is 4.64. The molecule has 1 fully saturated rings. The molecule has 2 unspecified atom stereocenters. The van der Waals surface area contributed by atoms with E-state index in [1.165, 1.54) is 12.1 Å². The van der Waals surface area contributed by atoms with E-state index in [0.717, 1.165) is 19.4 Å². The highest BCUT2D eigenvalue weighted by Gasteiger charge is 2.28. The van der Waals surface area contributed by atoms with Crippen LogP contribution in [0.2, 0.25) is 0 Å². The first-order valence-electron chi connectivity index (χ1n) is 6.56. The molecule has 3 heteroatoms. The molecule has 1 aliphatic rings. The third kappa shape index (κ3) is 2.55. The highest BCUT2D eigenvalue weighted by atomic mass is 19.1. The Morgan fingerprint density at radius 2 is 2.11 bits per heavy atom. The summed E-state index contributed by atoms with van der Waals surface area (Å²) in [5, 5.41) is 0. The number of hydrogen-bond acceptors (Lipinski definition) is 1. The summed E-state index contributed by atoms with van der Waals surface area (Å²) < 4.78 is 13.1. The number of halogens is 1. The van der Waals surface area contributed by atoms with Gasteiger partial charge in [-0.1, -0.05) is 6.92 Å². The van der Waals surface area contributed by atoms with Crippen LogP contribution in [0.4, 0.5) is 4.39 Å². The SMILES string of the molecule is Cc1cc(F)ccc1C(=O)N1CCC(C)CC1C. The van der Waals surface area contributed by atoms with Crippen molar-refractivity contribution < 1.29 is 9.18 Å². The lowest BCUT2D eigenvalue weighted by Crippen LogP contribution is -2.44. The largest absolute Gasteiger partial charge is 0.336 e. The number of nitrogens with zero attached hydrogens (tertiary/aromatic N) is 1. The number of aryl methyl sites for hydroxylation is 1. The maximum atomic E-state index is 13.1. The van der Waals surface area contributed by atoms with E-state index in [1.807, 2.05) is 4.90 Å². The molecule has 0 bridgehead atoms. The van der Waals surface area contributed by atoms with Crippen molar-refractivity contribution >= 4 is 5.91 Å². The number of hydrogen-bond donors (Lipinski definition) is 0. The average molecular weight is 249 g/mol. The second kappa shape index (κ2) is 5.09. The van der Waals surface area contributed by atoms with Crippen LogP contribution in [0.3, 0.4) is 0 Å².